The van der Waals surface area contributed by atoms with E-state index in [1.807, 2.05) is 0 Å². The summed E-state index contributed by atoms with van der Waals surface area (Å²) in [5.41, 5.74) is 0. The van der Waals surface area contributed by atoms with Crippen LogP contribution in [-0.4, -0.2) is 63.1 Å². The second-order valence-electron chi connectivity index (χ2n) is 6.80. The third-order valence-corrected chi connectivity index (χ3v) is 4.76. The second-order valence-corrected chi connectivity index (χ2v) is 6.80. The van der Waals surface area contributed by atoms with Crippen LogP contribution in [0.3, 0.4) is 0 Å². The van der Waals surface area contributed by atoms with Crippen molar-refractivity contribution in [2.24, 2.45) is 17.8 Å². The quantitative estimate of drug-likeness (QED) is 0.711. The fourth-order valence-corrected chi connectivity index (χ4v) is 3.57. The number of nitrogens with zero attached hydrogens (tertiary/aromatic N) is 1. The molecule has 0 bridgehead atoms. The maximum Gasteiger partial charge on any atom is 0.0899 e. The van der Waals surface area contributed by atoms with E-state index in [0.717, 1.165) is 18.4 Å². The fraction of sp³-hybridized carbons (Fsp3) is 1.00. The molecule has 0 aromatic heterocycles. The van der Waals surface area contributed by atoms with Gasteiger partial charge in [0.25, 0.3) is 0 Å². The van der Waals surface area contributed by atoms with E-state index in [2.05, 4.69) is 38.2 Å². The second kappa shape index (κ2) is 8.98. The number of hydrogen-bond donors (Lipinski definition) is 2. The minimum absolute atomic E-state index is 0.387. The number of aliphatic hydroxyl groups is 1. The minimum atomic E-state index is -0.387. The van der Waals surface area contributed by atoms with Crippen molar-refractivity contribution in [3.05, 3.63) is 0 Å². The summed E-state index contributed by atoms with van der Waals surface area (Å²) >= 11 is 0. The Balaban J connectivity index is 2.48. The lowest BCUT2D eigenvalue weighted by Gasteiger charge is -2.39. The van der Waals surface area contributed by atoms with Gasteiger partial charge in [0.2, 0.25) is 0 Å². The Bertz CT molecular complexity index is 261. The zero-order valence-electron chi connectivity index (χ0n) is 13.9. The maximum atomic E-state index is 9.83. The van der Waals surface area contributed by atoms with E-state index in [1.54, 1.807) is 7.11 Å². The van der Waals surface area contributed by atoms with Crippen molar-refractivity contribution in [2.75, 3.05) is 40.9 Å². The van der Waals surface area contributed by atoms with Crippen molar-refractivity contribution in [3.8, 4) is 0 Å². The molecular formula is C16H34N2O2. The number of hydrogen-bond acceptors (Lipinski definition) is 4. The molecule has 4 atom stereocenters. The summed E-state index contributed by atoms with van der Waals surface area (Å²) in [5, 5.41) is 13.3. The van der Waals surface area contributed by atoms with Crippen LogP contribution in [0.1, 0.15) is 33.1 Å². The molecule has 0 amide bonds. The van der Waals surface area contributed by atoms with Gasteiger partial charge in [0.15, 0.2) is 0 Å². The Hall–Kier alpha value is -0.160. The highest BCUT2D eigenvalue weighted by atomic mass is 16.5. The molecule has 1 aliphatic carbocycles. The summed E-state index contributed by atoms with van der Waals surface area (Å²) in [4.78, 5) is 2.25. The lowest BCUT2D eigenvalue weighted by Crippen LogP contribution is -2.46. The van der Waals surface area contributed by atoms with E-state index >= 15 is 0 Å². The van der Waals surface area contributed by atoms with Crippen LogP contribution in [-0.2, 0) is 4.74 Å². The number of aliphatic hydroxyl groups excluding tert-OH is 1. The molecule has 2 N–H and O–H groups in total. The van der Waals surface area contributed by atoms with Crippen molar-refractivity contribution in [2.45, 2.75) is 45.3 Å². The molecular weight excluding hydrogens is 252 g/mol. The molecule has 4 unspecified atom stereocenters. The molecule has 4 heteroatoms. The number of methoxy groups -OCH3 is 1. The fourth-order valence-electron chi connectivity index (χ4n) is 3.57. The van der Waals surface area contributed by atoms with Crippen LogP contribution in [0.5, 0.6) is 0 Å². The first kappa shape index (κ1) is 17.9. The predicted octanol–water partition coefficient (Wildman–Crippen LogP) is 1.59. The van der Waals surface area contributed by atoms with Crippen LogP contribution in [0.2, 0.25) is 0 Å². The predicted molar refractivity (Wildman–Crippen MR) is 83.9 cm³/mol. The van der Waals surface area contributed by atoms with Crippen LogP contribution in [0.15, 0.2) is 0 Å². The summed E-state index contributed by atoms with van der Waals surface area (Å²) in [6.45, 7) is 6.84. The smallest absolute Gasteiger partial charge is 0.0899 e. The molecule has 20 heavy (non-hydrogen) atoms. The summed E-state index contributed by atoms with van der Waals surface area (Å²) in [6, 6.07) is 0.618. The van der Waals surface area contributed by atoms with E-state index < -0.39 is 0 Å². The Morgan fingerprint density at radius 1 is 1.35 bits per heavy atom. The van der Waals surface area contributed by atoms with Gasteiger partial charge in [-0.15, -0.1) is 0 Å². The molecule has 0 heterocycles. The highest BCUT2D eigenvalue weighted by molar-refractivity contribution is 4.86. The molecule has 0 aliphatic heterocycles. The van der Waals surface area contributed by atoms with Crippen molar-refractivity contribution >= 4 is 0 Å². The summed E-state index contributed by atoms with van der Waals surface area (Å²) in [6.07, 6.45) is 3.53. The lowest BCUT2D eigenvalue weighted by atomic mass is 9.73. The van der Waals surface area contributed by atoms with Gasteiger partial charge in [-0.3, -0.25) is 0 Å². The van der Waals surface area contributed by atoms with Gasteiger partial charge in [0.1, 0.15) is 0 Å². The SMILES string of the molecule is CNC1CCC(C(C)C)CC1CN(C)CC(O)COC. The summed E-state index contributed by atoms with van der Waals surface area (Å²) in [7, 11) is 5.81. The largest absolute Gasteiger partial charge is 0.389 e. The zero-order chi connectivity index (χ0) is 15.1. The van der Waals surface area contributed by atoms with Gasteiger partial charge in [-0.1, -0.05) is 13.8 Å². The minimum Gasteiger partial charge on any atom is -0.389 e. The lowest BCUT2D eigenvalue weighted by molar-refractivity contribution is 0.0349. The van der Waals surface area contributed by atoms with Gasteiger partial charge in [-0.25, -0.2) is 0 Å². The molecule has 1 saturated carbocycles. The Morgan fingerprint density at radius 3 is 2.60 bits per heavy atom. The van der Waals surface area contributed by atoms with E-state index in [0.29, 0.717) is 25.1 Å². The van der Waals surface area contributed by atoms with Crippen molar-refractivity contribution in [3.63, 3.8) is 0 Å². The summed E-state index contributed by atoms with van der Waals surface area (Å²) < 4.78 is 5.00. The van der Waals surface area contributed by atoms with Gasteiger partial charge < -0.3 is 20.1 Å². The molecule has 0 aromatic carbocycles. The van der Waals surface area contributed by atoms with Gasteiger partial charge in [-0.05, 0) is 51.1 Å². The standard InChI is InChI=1S/C16H34N2O2/c1-12(2)13-6-7-16(17-3)14(8-13)9-18(4)10-15(19)11-20-5/h12-17,19H,6-11H2,1-5H3. The van der Waals surface area contributed by atoms with Crippen LogP contribution < -0.4 is 5.32 Å². The maximum absolute atomic E-state index is 9.83. The molecule has 0 aromatic rings. The first-order valence-corrected chi connectivity index (χ1v) is 8.00. The number of likely N-dealkylation sites (N-methyl/N-ethyl adjacent to an activating group) is 1. The first-order chi connectivity index (χ1) is 9.47. The number of nitrogens with one attached hydrogen (secondary N) is 1. The monoisotopic (exact) mass is 286 g/mol. The van der Waals surface area contributed by atoms with E-state index in [9.17, 15) is 5.11 Å². The normalized spacial score (nSPS) is 29.1. The average Bonchev–Trinajstić information content (AvgIpc) is 2.38. The van der Waals surface area contributed by atoms with Gasteiger partial charge in [0.05, 0.1) is 12.7 Å². The van der Waals surface area contributed by atoms with Crippen LogP contribution in [0.25, 0.3) is 0 Å². The molecule has 1 rings (SSSR count). The Labute approximate surface area is 124 Å². The average molecular weight is 286 g/mol. The molecule has 0 radical (unpaired) electrons. The molecule has 1 fully saturated rings. The first-order valence-electron chi connectivity index (χ1n) is 8.00. The number of rotatable bonds is 8. The Morgan fingerprint density at radius 2 is 2.05 bits per heavy atom. The molecule has 0 saturated heterocycles. The summed E-state index contributed by atoms with van der Waals surface area (Å²) in [5.74, 6) is 2.31. The van der Waals surface area contributed by atoms with Crippen molar-refractivity contribution in [1.29, 1.82) is 0 Å². The van der Waals surface area contributed by atoms with Gasteiger partial charge in [0, 0.05) is 26.2 Å². The van der Waals surface area contributed by atoms with Crippen molar-refractivity contribution < 1.29 is 9.84 Å². The van der Waals surface area contributed by atoms with Crippen molar-refractivity contribution in [1.82, 2.24) is 10.2 Å². The van der Waals surface area contributed by atoms with E-state index in [1.165, 1.54) is 19.3 Å². The molecule has 120 valence electrons. The highest BCUT2D eigenvalue weighted by Gasteiger charge is 2.31. The van der Waals surface area contributed by atoms with Crippen LogP contribution >= 0.6 is 0 Å². The Kier molecular flexibility index (Phi) is 8.03. The van der Waals surface area contributed by atoms with E-state index in [-0.39, 0.29) is 6.10 Å². The molecule has 1 aliphatic rings. The molecule has 4 nitrogen and oxygen atoms in total. The van der Waals surface area contributed by atoms with Gasteiger partial charge >= 0.3 is 0 Å². The molecule has 0 spiro atoms. The van der Waals surface area contributed by atoms with Gasteiger partial charge in [-0.2, -0.15) is 0 Å². The van der Waals surface area contributed by atoms with Crippen LogP contribution in [0, 0.1) is 17.8 Å². The third-order valence-electron chi connectivity index (χ3n) is 4.76. The zero-order valence-corrected chi connectivity index (χ0v) is 13.9. The third kappa shape index (κ3) is 5.68. The van der Waals surface area contributed by atoms with E-state index in [4.69, 9.17) is 4.74 Å². The number of ether oxygens (including phenoxy) is 1. The van der Waals surface area contributed by atoms with Crippen LogP contribution in [0.4, 0.5) is 0 Å². The topological polar surface area (TPSA) is 44.7 Å². The highest BCUT2D eigenvalue weighted by Crippen LogP contribution is 2.34.